The number of alkyl halides is 3. The Kier molecular flexibility index (Phi) is 6.55. The minimum Gasteiger partial charge on any atom is -0.192 e. The third-order valence-corrected chi connectivity index (χ3v) is 4.91. The summed E-state index contributed by atoms with van der Waals surface area (Å²) in [6.07, 6.45) is -1.54. The van der Waals surface area contributed by atoms with Gasteiger partial charge < -0.3 is 0 Å². The van der Waals surface area contributed by atoms with E-state index in [2.05, 4.69) is 6.92 Å². The van der Waals surface area contributed by atoms with E-state index in [1.165, 1.54) is 18.2 Å². The molecule has 0 unspecified atom stereocenters. The predicted octanol–water partition coefficient (Wildman–Crippen LogP) is 6.25. The van der Waals surface area contributed by atoms with E-state index in [0.717, 1.165) is 17.7 Å². The maximum absolute atomic E-state index is 13.6. The second-order valence-electron chi connectivity index (χ2n) is 5.72. The number of nitrogens with zero attached hydrogens (tertiary/aromatic N) is 1. The molecule has 1 radical (unpaired) electrons. The van der Waals surface area contributed by atoms with E-state index in [0.29, 0.717) is 22.4 Å². The van der Waals surface area contributed by atoms with Crippen molar-refractivity contribution in [2.24, 2.45) is 0 Å². The molecular weight excluding hydrogens is 343 g/mol. The quantitative estimate of drug-likeness (QED) is 0.567. The van der Waals surface area contributed by atoms with Crippen molar-refractivity contribution in [2.75, 3.05) is 11.5 Å². The molecule has 5 heteroatoms. The van der Waals surface area contributed by atoms with E-state index >= 15 is 0 Å². The van der Waals surface area contributed by atoms with Gasteiger partial charge in [-0.25, -0.2) is 0 Å². The predicted molar refractivity (Wildman–Crippen MR) is 97.4 cm³/mol. The van der Waals surface area contributed by atoms with Crippen molar-refractivity contribution in [1.82, 2.24) is 0 Å². The van der Waals surface area contributed by atoms with Gasteiger partial charge in [-0.1, -0.05) is 25.1 Å². The van der Waals surface area contributed by atoms with Crippen LogP contribution in [-0.2, 0) is 6.18 Å². The maximum Gasteiger partial charge on any atom is 0.417 e. The summed E-state index contributed by atoms with van der Waals surface area (Å²) in [5.41, 5.74) is 1.81. The highest BCUT2D eigenvalue weighted by atomic mass is 32.2. The van der Waals surface area contributed by atoms with Gasteiger partial charge in [0.2, 0.25) is 0 Å². The lowest BCUT2D eigenvalue weighted by Gasteiger charge is -2.17. The van der Waals surface area contributed by atoms with Crippen LogP contribution in [0, 0.1) is 24.7 Å². The van der Waals surface area contributed by atoms with Gasteiger partial charge in [-0.05, 0) is 59.6 Å². The summed E-state index contributed by atoms with van der Waals surface area (Å²) in [6, 6.07) is 11.0. The lowest BCUT2D eigenvalue weighted by atomic mass is 9.92. The summed E-state index contributed by atoms with van der Waals surface area (Å²) < 4.78 is 40.7. The third kappa shape index (κ3) is 5.02. The molecule has 0 bridgehead atoms. The van der Waals surface area contributed by atoms with E-state index < -0.39 is 11.7 Å². The number of aryl methyl sites for hydroxylation is 1. The van der Waals surface area contributed by atoms with E-state index in [9.17, 15) is 13.2 Å². The Morgan fingerprint density at radius 3 is 2.40 bits per heavy atom. The van der Waals surface area contributed by atoms with E-state index in [4.69, 9.17) is 5.26 Å². The third-order valence-electron chi connectivity index (χ3n) is 3.81. The number of nitriles is 1. The van der Waals surface area contributed by atoms with Crippen LogP contribution >= 0.6 is 11.8 Å². The molecule has 0 aromatic heterocycles. The van der Waals surface area contributed by atoms with E-state index in [1.807, 2.05) is 19.4 Å². The molecule has 0 saturated heterocycles. The molecule has 0 spiro atoms. The van der Waals surface area contributed by atoms with Crippen LogP contribution in [-0.4, -0.2) is 11.5 Å². The molecular formula is C20H19F3NS. The van der Waals surface area contributed by atoms with Crippen molar-refractivity contribution in [2.45, 2.75) is 26.4 Å². The highest BCUT2D eigenvalue weighted by Gasteiger charge is 2.34. The molecule has 0 amide bonds. The number of thioether (sulfide) groups is 1. The minimum atomic E-state index is -4.43. The lowest BCUT2D eigenvalue weighted by molar-refractivity contribution is -0.137. The van der Waals surface area contributed by atoms with Gasteiger partial charge in [-0.3, -0.25) is 0 Å². The fraction of sp³-hybridized carbons (Fsp3) is 0.300. The first kappa shape index (κ1) is 19.4. The van der Waals surface area contributed by atoms with Gasteiger partial charge in [-0.2, -0.15) is 30.2 Å². The topological polar surface area (TPSA) is 23.8 Å². The molecule has 131 valence electrons. The molecule has 0 aliphatic carbocycles. The first-order valence-corrected chi connectivity index (χ1v) is 9.15. The van der Waals surface area contributed by atoms with E-state index in [1.54, 1.807) is 30.0 Å². The molecule has 0 saturated carbocycles. The highest BCUT2D eigenvalue weighted by Crippen LogP contribution is 2.39. The Morgan fingerprint density at radius 2 is 1.84 bits per heavy atom. The maximum atomic E-state index is 13.6. The summed E-state index contributed by atoms with van der Waals surface area (Å²) in [4.78, 5) is 0. The SMILES string of the molecule is CCCSC[CH]c1cc(C(F)(F)F)c(-c2ccc(C#N)cc2)cc1C. The molecule has 0 fully saturated rings. The smallest absolute Gasteiger partial charge is 0.192 e. The molecule has 0 aliphatic rings. The van der Waals surface area contributed by atoms with Crippen molar-refractivity contribution in [1.29, 1.82) is 5.26 Å². The van der Waals surface area contributed by atoms with E-state index in [-0.39, 0.29) is 5.56 Å². The van der Waals surface area contributed by atoms with Gasteiger partial charge in [0.1, 0.15) is 0 Å². The van der Waals surface area contributed by atoms with Crippen LogP contribution in [0.2, 0.25) is 0 Å². The van der Waals surface area contributed by atoms with Gasteiger partial charge in [0.05, 0.1) is 17.2 Å². The Bertz CT molecular complexity index is 758. The summed E-state index contributed by atoms with van der Waals surface area (Å²) in [6.45, 7) is 3.90. The Balaban J connectivity index is 2.42. The van der Waals surface area contributed by atoms with Gasteiger partial charge in [-0.15, -0.1) is 0 Å². The van der Waals surface area contributed by atoms with Gasteiger partial charge in [0.15, 0.2) is 0 Å². The standard InChI is InChI=1S/C20H19F3NS/c1-3-9-25-10-8-17-12-19(20(21,22)23)18(11-14(17)2)16-6-4-15(13-24)5-7-16/h4-8,11-12H,3,9-10H2,1-2H3. The number of rotatable bonds is 6. The molecule has 0 aliphatic heterocycles. The number of hydrogen-bond acceptors (Lipinski definition) is 2. The first-order valence-electron chi connectivity index (χ1n) is 8.00. The zero-order valence-corrected chi connectivity index (χ0v) is 15.0. The van der Waals surface area contributed by atoms with Gasteiger partial charge in [0.25, 0.3) is 0 Å². The van der Waals surface area contributed by atoms with Crippen LogP contribution in [0.25, 0.3) is 11.1 Å². The van der Waals surface area contributed by atoms with Crippen LogP contribution in [0.5, 0.6) is 0 Å². The molecule has 0 atom stereocenters. The van der Waals surface area contributed by atoms with Crippen molar-refractivity contribution in [3.63, 3.8) is 0 Å². The van der Waals surface area contributed by atoms with Crippen molar-refractivity contribution >= 4 is 11.8 Å². The largest absolute Gasteiger partial charge is 0.417 e. The molecule has 2 rings (SSSR count). The Labute approximate surface area is 150 Å². The van der Waals surface area contributed by atoms with Crippen molar-refractivity contribution < 1.29 is 13.2 Å². The summed E-state index contributed by atoms with van der Waals surface area (Å²) in [7, 11) is 0. The molecule has 2 aromatic carbocycles. The summed E-state index contributed by atoms with van der Waals surface area (Å²) in [5, 5.41) is 8.85. The molecule has 0 N–H and O–H groups in total. The Hall–Kier alpha value is -1.93. The summed E-state index contributed by atoms with van der Waals surface area (Å²) >= 11 is 1.71. The first-order chi connectivity index (χ1) is 11.9. The van der Waals surface area contributed by atoms with Crippen molar-refractivity contribution in [3.8, 4) is 17.2 Å². The van der Waals surface area contributed by atoms with Crippen LogP contribution < -0.4 is 0 Å². The zero-order chi connectivity index (χ0) is 18.4. The van der Waals surface area contributed by atoms with Gasteiger partial charge >= 0.3 is 6.18 Å². The van der Waals surface area contributed by atoms with Crippen LogP contribution in [0.4, 0.5) is 13.2 Å². The van der Waals surface area contributed by atoms with Crippen LogP contribution in [0.3, 0.4) is 0 Å². The van der Waals surface area contributed by atoms with Gasteiger partial charge in [0, 0.05) is 12.2 Å². The second kappa shape index (κ2) is 8.44. The molecule has 25 heavy (non-hydrogen) atoms. The average Bonchev–Trinajstić information content (AvgIpc) is 2.58. The Morgan fingerprint density at radius 1 is 1.16 bits per heavy atom. The summed E-state index contributed by atoms with van der Waals surface area (Å²) in [5.74, 6) is 1.69. The zero-order valence-electron chi connectivity index (χ0n) is 14.2. The minimum absolute atomic E-state index is 0.146. The second-order valence-corrected chi connectivity index (χ2v) is 6.87. The molecule has 2 aromatic rings. The average molecular weight is 362 g/mol. The fourth-order valence-electron chi connectivity index (χ4n) is 2.52. The number of hydrogen-bond donors (Lipinski definition) is 0. The lowest BCUT2D eigenvalue weighted by Crippen LogP contribution is -2.09. The normalized spacial score (nSPS) is 11.4. The van der Waals surface area contributed by atoms with Crippen molar-refractivity contribution in [3.05, 3.63) is 65.1 Å². The number of benzene rings is 2. The molecule has 1 nitrogen and oxygen atoms in total. The number of halogens is 3. The monoisotopic (exact) mass is 362 g/mol. The fourth-order valence-corrected chi connectivity index (χ4v) is 3.27. The van der Waals surface area contributed by atoms with Crippen LogP contribution in [0.1, 0.15) is 35.6 Å². The highest BCUT2D eigenvalue weighted by molar-refractivity contribution is 7.99. The molecule has 0 heterocycles. The van der Waals surface area contributed by atoms with Crippen LogP contribution in [0.15, 0.2) is 36.4 Å².